The van der Waals surface area contributed by atoms with E-state index in [1.54, 1.807) is 4.90 Å². The zero-order valence-electron chi connectivity index (χ0n) is 12.9. The standard InChI is InChI=1S/C13H22N4O5/c1-10(2)8-22-13(18)16-5-4-15(12(16)14-17(19)20)7-11-3-6-21-9-11/h10-11H,3-9H2,1-2H3. The van der Waals surface area contributed by atoms with Crippen molar-refractivity contribution in [3.05, 3.63) is 10.1 Å². The lowest BCUT2D eigenvalue weighted by Crippen LogP contribution is -2.40. The Kier molecular flexibility index (Phi) is 5.53. The van der Waals surface area contributed by atoms with Crippen LogP contribution in [0.3, 0.4) is 0 Å². The topological polar surface area (TPSA) is 97.5 Å². The van der Waals surface area contributed by atoms with Gasteiger partial charge >= 0.3 is 6.09 Å². The van der Waals surface area contributed by atoms with Crippen molar-refractivity contribution in [1.29, 1.82) is 0 Å². The van der Waals surface area contributed by atoms with Gasteiger partial charge in [0.25, 0.3) is 5.96 Å². The molecule has 2 fully saturated rings. The number of amides is 1. The summed E-state index contributed by atoms with van der Waals surface area (Å²) in [5.41, 5.74) is 0. The monoisotopic (exact) mass is 314 g/mol. The lowest BCUT2D eigenvalue weighted by molar-refractivity contribution is -0.486. The van der Waals surface area contributed by atoms with Gasteiger partial charge in [-0.2, -0.15) is 0 Å². The summed E-state index contributed by atoms with van der Waals surface area (Å²) in [6.07, 6.45) is 0.333. The highest BCUT2D eigenvalue weighted by Crippen LogP contribution is 2.18. The molecule has 0 spiro atoms. The first-order chi connectivity index (χ1) is 10.5. The summed E-state index contributed by atoms with van der Waals surface area (Å²) < 4.78 is 10.5. The molecule has 0 aromatic carbocycles. The molecule has 0 aromatic heterocycles. The number of ether oxygens (including phenoxy) is 2. The third-order valence-corrected chi connectivity index (χ3v) is 3.55. The molecule has 0 saturated carbocycles. The summed E-state index contributed by atoms with van der Waals surface area (Å²) in [4.78, 5) is 25.8. The molecule has 124 valence electrons. The van der Waals surface area contributed by atoms with Crippen LogP contribution in [0.4, 0.5) is 4.79 Å². The largest absolute Gasteiger partial charge is 0.449 e. The number of hydrazone groups is 1. The molecule has 2 aliphatic heterocycles. The van der Waals surface area contributed by atoms with Crippen LogP contribution in [0.5, 0.6) is 0 Å². The molecule has 1 unspecified atom stereocenters. The van der Waals surface area contributed by atoms with Crippen molar-refractivity contribution >= 4 is 12.1 Å². The SMILES string of the molecule is CC(C)COC(=O)N1CCN(CC2CCOC2)C1=N[N+](=O)[O-]. The Balaban J connectivity index is 2.03. The predicted octanol–water partition coefficient (Wildman–Crippen LogP) is 0.981. The fourth-order valence-electron chi connectivity index (χ4n) is 2.48. The lowest BCUT2D eigenvalue weighted by atomic mass is 10.1. The van der Waals surface area contributed by atoms with Crippen molar-refractivity contribution < 1.29 is 19.3 Å². The van der Waals surface area contributed by atoms with E-state index in [0.717, 1.165) is 6.42 Å². The second-order valence-corrected chi connectivity index (χ2v) is 5.94. The maximum absolute atomic E-state index is 12.1. The van der Waals surface area contributed by atoms with Crippen LogP contribution >= 0.6 is 0 Å². The van der Waals surface area contributed by atoms with E-state index in [4.69, 9.17) is 9.47 Å². The van der Waals surface area contributed by atoms with Gasteiger partial charge in [-0.05, 0) is 12.3 Å². The third-order valence-electron chi connectivity index (χ3n) is 3.55. The number of carbonyl (C=O) groups is 1. The molecule has 2 aliphatic rings. The van der Waals surface area contributed by atoms with E-state index >= 15 is 0 Å². The number of nitro groups is 1. The summed E-state index contributed by atoms with van der Waals surface area (Å²) in [6.45, 7) is 6.93. The Morgan fingerprint density at radius 2 is 2.32 bits per heavy atom. The van der Waals surface area contributed by atoms with Gasteiger partial charge in [0.2, 0.25) is 0 Å². The van der Waals surface area contributed by atoms with Crippen LogP contribution in [-0.2, 0) is 9.47 Å². The van der Waals surface area contributed by atoms with Crippen LogP contribution in [0.25, 0.3) is 0 Å². The Morgan fingerprint density at radius 1 is 1.55 bits per heavy atom. The second-order valence-electron chi connectivity index (χ2n) is 5.94. The summed E-state index contributed by atoms with van der Waals surface area (Å²) in [5.74, 6) is 0.573. The van der Waals surface area contributed by atoms with Crippen molar-refractivity contribution in [1.82, 2.24) is 9.80 Å². The minimum atomic E-state index is -0.776. The van der Waals surface area contributed by atoms with Gasteiger partial charge in [-0.1, -0.05) is 13.8 Å². The van der Waals surface area contributed by atoms with Gasteiger partial charge in [-0.3, -0.25) is 0 Å². The Morgan fingerprint density at radius 3 is 2.91 bits per heavy atom. The van der Waals surface area contributed by atoms with Crippen molar-refractivity contribution in [2.24, 2.45) is 16.9 Å². The quantitative estimate of drug-likeness (QED) is 0.554. The third kappa shape index (κ3) is 4.30. The fraction of sp³-hybridized carbons (Fsp3) is 0.846. The number of hydrogen-bond donors (Lipinski definition) is 0. The van der Waals surface area contributed by atoms with Crippen LogP contribution in [0.1, 0.15) is 20.3 Å². The van der Waals surface area contributed by atoms with Gasteiger partial charge in [0.1, 0.15) is 5.10 Å². The Hall–Kier alpha value is -1.90. The van der Waals surface area contributed by atoms with Crippen LogP contribution in [0, 0.1) is 22.0 Å². The highest BCUT2D eigenvalue weighted by molar-refractivity contribution is 5.95. The minimum absolute atomic E-state index is 0.0608. The normalized spacial score (nSPS) is 23.6. The van der Waals surface area contributed by atoms with E-state index in [-0.39, 0.29) is 18.5 Å². The number of nitrogens with zero attached hydrogens (tertiary/aromatic N) is 4. The minimum Gasteiger partial charge on any atom is -0.449 e. The molecular formula is C13H22N4O5. The Bertz CT molecular complexity index is 448. The van der Waals surface area contributed by atoms with E-state index in [2.05, 4.69) is 5.10 Å². The van der Waals surface area contributed by atoms with Gasteiger partial charge in [0, 0.05) is 25.6 Å². The van der Waals surface area contributed by atoms with E-state index in [0.29, 0.717) is 38.8 Å². The first kappa shape index (κ1) is 16.5. The zero-order valence-corrected chi connectivity index (χ0v) is 12.9. The molecule has 0 radical (unpaired) electrons. The van der Waals surface area contributed by atoms with Crippen LogP contribution in [-0.4, -0.2) is 66.3 Å². The highest BCUT2D eigenvalue weighted by atomic mass is 16.7. The van der Waals surface area contributed by atoms with E-state index in [1.807, 2.05) is 13.8 Å². The van der Waals surface area contributed by atoms with E-state index in [9.17, 15) is 14.9 Å². The summed E-state index contributed by atoms with van der Waals surface area (Å²) in [5, 5.41) is 13.4. The molecule has 2 heterocycles. The lowest BCUT2D eigenvalue weighted by Gasteiger charge is -2.21. The molecule has 22 heavy (non-hydrogen) atoms. The first-order valence-electron chi connectivity index (χ1n) is 7.47. The van der Waals surface area contributed by atoms with Crippen molar-refractivity contribution in [2.75, 3.05) is 39.5 Å². The average molecular weight is 314 g/mol. The molecule has 0 N–H and O–H groups in total. The fourth-order valence-corrected chi connectivity index (χ4v) is 2.48. The first-order valence-corrected chi connectivity index (χ1v) is 7.47. The second kappa shape index (κ2) is 7.39. The van der Waals surface area contributed by atoms with E-state index < -0.39 is 11.1 Å². The number of guanidine groups is 1. The molecule has 9 nitrogen and oxygen atoms in total. The van der Waals surface area contributed by atoms with E-state index in [1.165, 1.54) is 4.90 Å². The summed E-state index contributed by atoms with van der Waals surface area (Å²) in [7, 11) is 0. The average Bonchev–Trinajstić information content (AvgIpc) is 3.07. The highest BCUT2D eigenvalue weighted by Gasteiger charge is 2.36. The molecule has 0 aliphatic carbocycles. The van der Waals surface area contributed by atoms with Gasteiger partial charge < -0.3 is 14.4 Å². The summed E-state index contributed by atoms with van der Waals surface area (Å²) in [6, 6.07) is 0. The van der Waals surface area contributed by atoms with Gasteiger partial charge in [-0.15, -0.1) is 0 Å². The smallest absolute Gasteiger partial charge is 0.416 e. The van der Waals surface area contributed by atoms with Crippen LogP contribution in [0.15, 0.2) is 5.10 Å². The summed E-state index contributed by atoms with van der Waals surface area (Å²) >= 11 is 0. The molecule has 0 aromatic rings. The maximum atomic E-state index is 12.1. The van der Waals surface area contributed by atoms with Crippen molar-refractivity contribution in [3.63, 3.8) is 0 Å². The molecule has 1 atom stereocenters. The maximum Gasteiger partial charge on any atom is 0.416 e. The molecule has 9 heteroatoms. The molecule has 2 saturated heterocycles. The molecule has 0 bridgehead atoms. The van der Waals surface area contributed by atoms with Gasteiger partial charge in [0.15, 0.2) is 5.03 Å². The molecule has 2 rings (SSSR count). The van der Waals surface area contributed by atoms with Gasteiger partial charge in [0.05, 0.1) is 19.8 Å². The zero-order chi connectivity index (χ0) is 16.1. The van der Waals surface area contributed by atoms with Crippen LogP contribution in [0.2, 0.25) is 0 Å². The Labute approximate surface area is 129 Å². The van der Waals surface area contributed by atoms with Gasteiger partial charge in [-0.25, -0.2) is 19.8 Å². The molecular weight excluding hydrogens is 292 g/mol. The van der Waals surface area contributed by atoms with Crippen LogP contribution < -0.4 is 0 Å². The number of rotatable bonds is 5. The molecule has 1 amide bonds. The van der Waals surface area contributed by atoms with Crippen molar-refractivity contribution in [2.45, 2.75) is 20.3 Å². The number of carbonyl (C=O) groups excluding carboxylic acids is 1. The number of hydrogen-bond acceptors (Lipinski definition) is 5. The predicted molar refractivity (Wildman–Crippen MR) is 77.8 cm³/mol. The van der Waals surface area contributed by atoms with Crippen molar-refractivity contribution in [3.8, 4) is 0 Å².